The molecule has 2 N–H and O–H groups in total. The Bertz CT molecular complexity index is 516. The standard InChI is InChI=1S/C13H16BrN3O3/c14-12-2-1-10(17(19)20)7-11(12)13(18)16-6-4-9-3-5-15-8-9/h1-2,7,9,15H,3-6,8H2,(H,16,18). The summed E-state index contributed by atoms with van der Waals surface area (Å²) in [5.41, 5.74) is 0.210. The van der Waals surface area contributed by atoms with E-state index in [1.807, 2.05) is 0 Å². The number of amides is 1. The average Bonchev–Trinajstić information content (AvgIpc) is 2.92. The Kier molecular flexibility index (Phi) is 5.08. The molecule has 0 radical (unpaired) electrons. The Balaban J connectivity index is 1.94. The van der Waals surface area contributed by atoms with Crippen LogP contribution in [0.25, 0.3) is 0 Å². The summed E-state index contributed by atoms with van der Waals surface area (Å²) in [6, 6.07) is 4.18. The normalized spacial score (nSPS) is 17.9. The number of carbonyl (C=O) groups excluding carboxylic acids is 1. The smallest absolute Gasteiger partial charge is 0.270 e. The van der Waals surface area contributed by atoms with Crippen molar-refractivity contribution in [1.82, 2.24) is 10.6 Å². The molecule has 0 spiro atoms. The highest BCUT2D eigenvalue weighted by Gasteiger charge is 2.17. The lowest BCUT2D eigenvalue weighted by Crippen LogP contribution is -2.26. The predicted molar refractivity (Wildman–Crippen MR) is 78.7 cm³/mol. The zero-order valence-electron chi connectivity index (χ0n) is 10.9. The summed E-state index contributed by atoms with van der Waals surface area (Å²) in [5, 5.41) is 16.8. The zero-order chi connectivity index (χ0) is 14.5. The molecule has 1 fully saturated rings. The second-order valence-corrected chi connectivity index (χ2v) is 5.68. The number of non-ortho nitro benzene ring substituents is 1. The number of nitro groups is 1. The van der Waals surface area contributed by atoms with Crippen LogP contribution in [0.15, 0.2) is 22.7 Å². The molecular weight excluding hydrogens is 326 g/mol. The van der Waals surface area contributed by atoms with E-state index in [0.717, 1.165) is 25.9 Å². The van der Waals surface area contributed by atoms with Gasteiger partial charge in [0.15, 0.2) is 0 Å². The average molecular weight is 342 g/mol. The molecule has 1 aliphatic rings. The molecule has 1 heterocycles. The lowest BCUT2D eigenvalue weighted by Gasteiger charge is -2.10. The number of nitrogens with one attached hydrogen (secondary N) is 2. The van der Waals surface area contributed by atoms with Gasteiger partial charge in [0.1, 0.15) is 0 Å². The van der Waals surface area contributed by atoms with Crippen LogP contribution >= 0.6 is 15.9 Å². The van der Waals surface area contributed by atoms with Crippen LogP contribution in [0.5, 0.6) is 0 Å². The molecule has 20 heavy (non-hydrogen) atoms. The molecule has 0 aliphatic carbocycles. The molecule has 1 unspecified atom stereocenters. The van der Waals surface area contributed by atoms with Crippen LogP contribution in [0.2, 0.25) is 0 Å². The third-order valence-corrected chi connectivity index (χ3v) is 4.10. The van der Waals surface area contributed by atoms with E-state index in [4.69, 9.17) is 0 Å². The molecule has 0 bridgehead atoms. The topological polar surface area (TPSA) is 84.3 Å². The first kappa shape index (κ1) is 14.9. The van der Waals surface area contributed by atoms with Crippen molar-refractivity contribution in [1.29, 1.82) is 0 Å². The summed E-state index contributed by atoms with van der Waals surface area (Å²) >= 11 is 3.24. The second-order valence-electron chi connectivity index (χ2n) is 4.82. The van der Waals surface area contributed by atoms with Crippen molar-refractivity contribution in [2.24, 2.45) is 5.92 Å². The first-order valence-electron chi connectivity index (χ1n) is 6.51. The van der Waals surface area contributed by atoms with Crippen LogP contribution < -0.4 is 10.6 Å². The highest BCUT2D eigenvalue weighted by atomic mass is 79.9. The van der Waals surface area contributed by atoms with Crippen LogP contribution in [0.1, 0.15) is 23.2 Å². The van der Waals surface area contributed by atoms with E-state index in [9.17, 15) is 14.9 Å². The van der Waals surface area contributed by atoms with Gasteiger partial charge in [-0.1, -0.05) is 0 Å². The first-order valence-corrected chi connectivity index (χ1v) is 7.30. The highest BCUT2D eigenvalue weighted by Crippen LogP contribution is 2.22. The van der Waals surface area contributed by atoms with Crippen LogP contribution in [0.3, 0.4) is 0 Å². The van der Waals surface area contributed by atoms with Gasteiger partial charge in [-0.15, -0.1) is 0 Å². The van der Waals surface area contributed by atoms with E-state index < -0.39 is 4.92 Å². The van der Waals surface area contributed by atoms with E-state index in [1.165, 1.54) is 18.2 Å². The molecule has 0 aromatic heterocycles. The third kappa shape index (κ3) is 3.77. The van der Waals surface area contributed by atoms with Gasteiger partial charge in [0.25, 0.3) is 11.6 Å². The number of carbonyl (C=O) groups is 1. The monoisotopic (exact) mass is 341 g/mol. The quantitative estimate of drug-likeness (QED) is 0.634. The lowest BCUT2D eigenvalue weighted by atomic mass is 10.1. The van der Waals surface area contributed by atoms with Gasteiger partial charge < -0.3 is 10.6 Å². The summed E-state index contributed by atoms with van der Waals surface area (Å²) in [6.07, 6.45) is 2.06. The van der Waals surface area contributed by atoms with E-state index >= 15 is 0 Å². The maximum absolute atomic E-state index is 12.0. The summed E-state index contributed by atoms with van der Waals surface area (Å²) < 4.78 is 0.558. The second kappa shape index (κ2) is 6.81. The SMILES string of the molecule is O=C(NCCC1CCNC1)c1cc([N+](=O)[O-])ccc1Br. The van der Waals surface area contributed by atoms with Gasteiger partial charge in [0, 0.05) is 23.2 Å². The molecule has 1 aromatic carbocycles. The minimum atomic E-state index is -0.507. The van der Waals surface area contributed by atoms with Crippen molar-refractivity contribution in [3.8, 4) is 0 Å². The molecule has 1 atom stereocenters. The molecule has 6 nitrogen and oxygen atoms in total. The van der Waals surface area contributed by atoms with Crippen molar-refractivity contribution in [2.45, 2.75) is 12.8 Å². The summed E-state index contributed by atoms with van der Waals surface area (Å²) in [5.74, 6) is 0.315. The van der Waals surface area contributed by atoms with E-state index in [0.29, 0.717) is 22.5 Å². The van der Waals surface area contributed by atoms with Gasteiger partial charge in [-0.3, -0.25) is 14.9 Å². The fourth-order valence-electron chi connectivity index (χ4n) is 2.25. The molecular formula is C13H16BrN3O3. The van der Waals surface area contributed by atoms with Crippen molar-refractivity contribution < 1.29 is 9.72 Å². The Morgan fingerprint density at radius 2 is 2.35 bits per heavy atom. The van der Waals surface area contributed by atoms with Crippen molar-refractivity contribution in [3.63, 3.8) is 0 Å². The van der Waals surface area contributed by atoms with Crippen LogP contribution in [0, 0.1) is 16.0 Å². The molecule has 1 amide bonds. The number of nitro benzene ring substituents is 1. The Labute approximate surface area is 125 Å². The number of rotatable bonds is 5. The van der Waals surface area contributed by atoms with Crippen LogP contribution in [-0.2, 0) is 0 Å². The number of hydrogen-bond acceptors (Lipinski definition) is 4. The van der Waals surface area contributed by atoms with Crippen molar-refractivity contribution in [3.05, 3.63) is 38.3 Å². The fourth-order valence-corrected chi connectivity index (χ4v) is 2.67. The molecule has 0 saturated carbocycles. The molecule has 1 saturated heterocycles. The summed E-state index contributed by atoms with van der Waals surface area (Å²) in [4.78, 5) is 22.3. The van der Waals surface area contributed by atoms with Gasteiger partial charge in [-0.05, 0) is 53.8 Å². The molecule has 108 valence electrons. The van der Waals surface area contributed by atoms with Gasteiger partial charge in [0.05, 0.1) is 10.5 Å². The predicted octanol–water partition coefficient (Wildman–Crippen LogP) is 2.09. The van der Waals surface area contributed by atoms with Gasteiger partial charge >= 0.3 is 0 Å². The van der Waals surface area contributed by atoms with E-state index in [2.05, 4.69) is 26.6 Å². The Morgan fingerprint density at radius 1 is 1.55 bits per heavy atom. The number of hydrogen-bond donors (Lipinski definition) is 2. The Morgan fingerprint density at radius 3 is 3.00 bits per heavy atom. The minimum Gasteiger partial charge on any atom is -0.352 e. The van der Waals surface area contributed by atoms with Gasteiger partial charge in [0.2, 0.25) is 0 Å². The van der Waals surface area contributed by atoms with E-state index in [-0.39, 0.29) is 11.6 Å². The van der Waals surface area contributed by atoms with Crippen LogP contribution in [-0.4, -0.2) is 30.5 Å². The number of benzene rings is 1. The van der Waals surface area contributed by atoms with Crippen molar-refractivity contribution >= 4 is 27.5 Å². The highest BCUT2D eigenvalue weighted by molar-refractivity contribution is 9.10. The summed E-state index contributed by atoms with van der Waals surface area (Å²) in [7, 11) is 0. The van der Waals surface area contributed by atoms with E-state index in [1.54, 1.807) is 0 Å². The molecule has 7 heteroatoms. The molecule has 1 aromatic rings. The Hall–Kier alpha value is -1.47. The largest absolute Gasteiger partial charge is 0.352 e. The maximum atomic E-state index is 12.0. The van der Waals surface area contributed by atoms with Gasteiger partial charge in [-0.2, -0.15) is 0 Å². The molecule has 1 aliphatic heterocycles. The number of halogens is 1. The molecule has 2 rings (SSSR count). The lowest BCUT2D eigenvalue weighted by molar-refractivity contribution is -0.384. The number of nitrogens with zero attached hydrogens (tertiary/aromatic N) is 1. The van der Waals surface area contributed by atoms with Crippen molar-refractivity contribution in [2.75, 3.05) is 19.6 Å². The first-order chi connectivity index (χ1) is 9.58. The fraction of sp³-hybridized carbons (Fsp3) is 0.462. The third-order valence-electron chi connectivity index (χ3n) is 3.41. The maximum Gasteiger partial charge on any atom is 0.270 e. The van der Waals surface area contributed by atoms with Gasteiger partial charge in [-0.25, -0.2) is 0 Å². The zero-order valence-corrected chi connectivity index (χ0v) is 12.5. The summed E-state index contributed by atoms with van der Waals surface area (Å²) in [6.45, 7) is 2.62. The van der Waals surface area contributed by atoms with Crippen LogP contribution in [0.4, 0.5) is 5.69 Å². The minimum absolute atomic E-state index is 0.0849.